The highest BCUT2D eigenvalue weighted by Gasteiger charge is 2.66. The Bertz CT molecular complexity index is 2360. The Labute approximate surface area is 349 Å². The van der Waals surface area contributed by atoms with Crippen LogP contribution in [0, 0.1) is 5.92 Å². The lowest BCUT2D eigenvalue weighted by molar-refractivity contribution is -0.149. The van der Waals surface area contributed by atoms with E-state index in [1.807, 2.05) is 76.5 Å². The third kappa shape index (κ3) is 6.83. The minimum atomic E-state index is -2.55. The van der Waals surface area contributed by atoms with Gasteiger partial charge in [-0.15, -0.1) is 0 Å². The van der Waals surface area contributed by atoms with E-state index in [0.29, 0.717) is 24.3 Å². The Morgan fingerprint density at radius 2 is 1.73 bits per heavy atom. The fraction of sp³-hybridized carbons (Fsp3) is 0.408. The average molecular weight is 812 g/mol. The molecule has 0 radical (unpaired) electrons. The Morgan fingerprint density at radius 3 is 2.44 bits per heavy atom. The SMILES string of the molecule is COc1ccc([Si](C)(C)[C@H]2[C@H](CC(=O)N3CCC[C@H]3CO)O[C@@]3(C(=O)N(C/C=C(\C)CCC=C(C)C)c4ccc(N5C(=O)c6cccc7cccc5c67)cc43)[C@@H]2C)cc1. The number of carbonyl (C=O) groups is 3. The molecule has 10 heteroatoms. The molecule has 5 atom stereocenters. The summed E-state index contributed by atoms with van der Waals surface area (Å²) >= 11 is 0. The quantitative estimate of drug-likeness (QED) is 0.114. The van der Waals surface area contributed by atoms with Crippen LogP contribution < -0.4 is 19.7 Å². The second kappa shape index (κ2) is 15.9. The molecule has 0 bridgehead atoms. The molecule has 0 aliphatic carbocycles. The first kappa shape index (κ1) is 40.7. The molecule has 0 unspecified atom stereocenters. The molecule has 9 nitrogen and oxygen atoms in total. The summed E-state index contributed by atoms with van der Waals surface area (Å²) in [7, 11) is -0.887. The number of aliphatic hydroxyl groups excluding tert-OH is 1. The van der Waals surface area contributed by atoms with E-state index in [2.05, 4.69) is 65.1 Å². The number of amides is 3. The molecule has 3 amide bonds. The molecule has 0 aromatic heterocycles. The predicted octanol–water partition coefficient (Wildman–Crippen LogP) is 8.77. The first-order valence-corrected chi connectivity index (χ1v) is 24.2. The second-order valence-electron chi connectivity index (χ2n) is 17.7. The van der Waals surface area contributed by atoms with Gasteiger partial charge >= 0.3 is 0 Å². The lowest BCUT2D eigenvalue weighted by atomic mass is 9.82. The summed E-state index contributed by atoms with van der Waals surface area (Å²) < 4.78 is 12.9. The number of allylic oxidation sites excluding steroid dienone is 3. The second-order valence-corrected chi connectivity index (χ2v) is 22.4. The van der Waals surface area contributed by atoms with Gasteiger partial charge in [-0.2, -0.15) is 0 Å². The topological polar surface area (TPSA) is 99.6 Å². The summed E-state index contributed by atoms with van der Waals surface area (Å²) in [5.41, 5.74) is 4.54. The highest BCUT2D eigenvalue weighted by Crippen LogP contribution is 2.61. The summed E-state index contributed by atoms with van der Waals surface area (Å²) in [5.74, 6) is 0.127. The summed E-state index contributed by atoms with van der Waals surface area (Å²) in [4.78, 5) is 49.6. The van der Waals surface area contributed by atoms with Crippen molar-refractivity contribution in [3.8, 4) is 5.75 Å². The third-order valence-corrected chi connectivity index (χ3v) is 18.0. The van der Waals surface area contributed by atoms with Crippen molar-refractivity contribution in [2.24, 2.45) is 5.92 Å². The lowest BCUT2D eigenvalue weighted by Gasteiger charge is -2.37. The molecule has 0 saturated carbocycles. The lowest BCUT2D eigenvalue weighted by Crippen LogP contribution is -2.52. The summed E-state index contributed by atoms with van der Waals surface area (Å²) in [6.45, 7) is 14.0. The number of fused-ring (bicyclic) bond motifs is 2. The molecule has 59 heavy (non-hydrogen) atoms. The van der Waals surface area contributed by atoms with Crippen LogP contribution in [0.1, 0.15) is 75.7 Å². The summed E-state index contributed by atoms with van der Waals surface area (Å²) in [6, 6.07) is 25.7. The molecule has 8 rings (SSSR count). The average Bonchev–Trinajstić information content (AvgIpc) is 3.96. The largest absolute Gasteiger partial charge is 0.497 e. The molecule has 1 spiro atoms. The normalized spacial score (nSPS) is 23.9. The van der Waals surface area contributed by atoms with Gasteiger partial charge in [0.25, 0.3) is 11.8 Å². The summed E-state index contributed by atoms with van der Waals surface area (Å²) in [6.07, 6.45) is 7.33. The fourth-order valence-corrected chi connectivity index (χ4v) is 14.6. The Hall–Kier alpha value is -5.03. The number of ether oxygens (including phenoxy) is 2. The smallest absolute Gasteiger partial charge is 0.264 e. The van der Waals surface area contributed by atoms with E-state index < -0.39 is 19.8 Å². The molecule has 2 fully saturated rings. The number of rotatable bonds is 12. The van der Waals surface area contributed by atoms with E-state index in [-0.39, 0.29) is 48.3 Å². The molecule has 2 saturated heterocycles. The maximum atomic E-state index is 15.6. The molecule has 4 aliphatic rings. The van der Waals surface area contributed by atoms with E-state index in [4.69, 9.17) is 9.47 Å². The van der Waals surface area contributed by atoms with Gasteiger partial charge in [-0.1, -0.05) is 84.9 Å². The molecule has 4 heterocycles. The van der Waals surface area contributed by atoms with Crippen LogP contribution in [0.15, 0.2) is 102 Å². The van der Waals surface area contributed by atoms with Crippen LogP contribution in [0.5, 0.6) is 5.75 Å². The first-order chi connectivity index (χ1) is 28.3. The number of anilines is 3. The van der Waals surface area contributed by atoms with Crippen LogP contribution in [-0.4, -0.2) is 74.8 Å². The van der Waals surface area contributed by atoms with Crippen LogP contribution in [0.3, 0.4) is 0 Å². The van der Waals surface area contributed by atoms with Crippen LogP contribution in [0.25, 0.3) is 10.8 Å². The van der Waals surface area contributed by atoms with E-state index in [1.54, 1.807) is 12.0 Å². The van der Waals surface area contributed by atoms with Gasteiger partial charge in [-0.05, 0) is 99.8 Å². The Balaban J connectivity index is 1.26. The van der Waals surface area contributed by atoms with Crippen molar-refractivity contribution in [2.75, 3.05) is 36.6 Å². The van der Waals surface area contributed by atoms with Crippen LogP contribution >= 0.6 is 0 Å². The number of nitrogens with zero attached hydrogens (tertiary/aromatic N) is 3. The standard InChI is InChI=1S/C49H57N3O6Si/c1-31(2)12-8-13-32(3)25-27-51-41-24-19-35(52-42-18-10-15-34-14-9-17-39(45(34)42)47(52)55)28-40(41)49(48(51)56)33(4)46(59(6,7)38-22-20-37(57-5)21-23-38)43(58-49)29-44(54)50-26-11-16-36(50)30-53/h9-10,12,14-15,17-25,28,33,36,43,46,53H,8,11,13,16,26-27,29-30H2,1-7H3/b32-25+/t33-,36+,43+,46-,49+/m1/s1. The molecular weight excluding hydrogens is 755 g/mol. The number of hydrogen-bond donors (Lipinski definition) is 1. The van der Waals surface area contributed by atoms with E-state index in [1.165, 1.54) is 16.3 Å². The van der Waals surface area contributed by atoms with Crippen molar-refractivity contribution in [3.63, 3.8) is 0 Å². The van der Waals surface area contributed by atoms with E-state index in [0.717, 1.165) is 59.1 Å². The highest BCUT2D eigenvalue weighted by atomic mass is 28.3. The Kier molecular flexibility index (Phi) is 10.9. The molecule has 4 aromatic carbocycles. The minimum absolute atomic E-state index is 0.0555. The van der Waals surface area contributed by atoms with E-state index >= 15 is 4.79 Å². The number of benzene rings is 4. The van der Waals surface area contributed by atoms with Crippen molar-refractivity contribution < 1.29 is 29.0 Å². The Morgan fingerprint density at radius 1 is 0.983 bits per heavy atom. The van der Waals surface area contributed by atoms with Crippen molar-refractivity contribution in [1.82, 2.24) is 4.90 Å². The highest BCUT2D eigenvalue weighted by molar-refractivity contribution is 6.91. The van der Waals surface area contributed by atoms with Crippen LogP contribution in [-0.2, 0) is 19.9 Å². The molecular formula is C49H57N3O6Si. The minimum Gasteiger partial charge on any atom is -0.497 e. The van der Waals surface area contributed by atoms with Crippen LogP contribution in [0.2, 0.25) is 18.6 Å². The van der Waals surface area contributed by atoms with Crippen LogP contribution in [0.4, 0.5) is 17.1 Å². The van der Waals surface area contributed by atoms with Gasteiger partial charge < -0.3 is 24.4 Å². The molecule has 1 N–H and O–H groups in total. The maximum absolute atomic E-state index is 15.6. The van der Waals surface area contributed by atoms with Crippen molar-refractivity contribution in [3.05, 3.63) is 113 Å². The maximum Gasteiger partial charge on any atom is 0.264 e. The zero-order chi connectivity index (χ0) is 41.8. The van der Waals surface area contributed by atoms with Gasteiger partial charge in [0.05, 0.1) is 57.3 Å². The fourth-order valence-electron chi connectivity index (χ4n) is 10.6. The first-order valence-electron chi connectivity index (χ1n) is 21.2. The number of aliphatic hydroxyl groups is 1. The van der Waals surface area contributed by atoms with Crippen molar-refractivity contribution >= 4 is 58.8 Å². The molecule has 308 valence electrons. The third-order valence-electron chi connectivity index (χ3n) is 13.6. The zero-order valence-electron chi connectivity index (χ0n) is 35.5. The number of carbonyl (C=O) groups excluding carboxylic acids is 3. The van der Waals surface area contributed by atoms with Gasteiger partial charge in [0.1, 0.15) is 5.75 Å². The van der Waals surface area contributed by atoms with Gasteiger partial charge in [0, 0.05) is 35.6 Å². The van der Waals surface area contributed by atoms with Gasteiger partial charge in [0.15, 0.2) is 5.60 Å². The predicted molar refractivity (Wildman–Crippen MR) is 238 cm³/mol. The number of hydrogen-bond acceptors (Lipinski definition) is 6. The monoisotopic (exact) mass is 811 g/mol. The van der Waals surface area contributed by atoms with E-state index in [9.17, 15) is 14.7 Å². The zero-order valence-corrected chi connectivity index (χ0v) is 36.5. The van der Waals surface area contributed by atoms with Crippen molar-refractivity contribution in [2.45, 2.75) is 96.2 Å². The number of methoxy groups -OCH3 is 1. The van der Waals surface area contributed by atoms with Gasteiger partial charge in [-0.25, -0.2) is 0 Å². The number of likely N-dealkylation sites (tertiary alicyclic amines) is 1. The van der Waals surface area contributed by atoms with Gasteiger partial charge in [0.2, 0.25) is 5.91 Å². The van der Waals surface area contributed by atoms with Gasteiger partial charge in [-0.3, -0.25) is 19.3 Å². The summed E-state index contributed by atoms with van der Waals surface area (Å²) in [5, 5.41) is 13.3. The molecule has 4 aliphatic heterocycles. The molecule has 4 aromatic rings. The van der Waals surface area contributed by atoms with Crippen molar-refractivity contribution in [1.29, 1.82) is 0 Å².